The molecule has 94 valence electrons. The molecule has 0 saturated heterocycles. The molecule has 2 rings (SSSR count). The molecule has 0 aliphatic carbocycles. The van der Waals surface area contributed by atoms with Crippen molar-refractivity contribution < 1.29 is 4.74 Å². The van der Waals surface area contributed by atoms with Gasteiger partial charge < -0.3 is 10.5 Å². The fourth-order valence-electron chi connectivity index (χ4n) is 1.77. The van der Waals surface area contributed by atoms with Crippen LogP contribution in [0.5, 0.6) is 0 Å². The molecule has 0 bridgehead atoms. The van der Waals surface area contributed by atoms with E-state index >= 15 is 0 Å². The lowest BCUT2D eigenvalue weighted by Gasteiger charge is -2.13. The Hall–Kier alpha value is -1.71. The molecular weight excluding hydrogens is 224 g/mol. The quantitative estimate of drug-likeness (QED) is 0.877. The average molecular weight is 242 g/mol. The molecule has 0 saturated carbocycles. The summed E-state index contributed by atoms with van der Waals surface area (Å²) in [6.07, 6.45) is 1.86. The number of ether oxygens (including phenoxy) is 1. The number of benzene rings is 1. The van der Waals surface area contributed by atoms with E-state index in [-0.39, 0.29) is 6.10 Å². The highest BCUT2D eigenvalue weighted by atomic mass is 16.5. The van der Waals surface area contributed by atoms with Gasteiger partial charge in [0, 0.05) is 12.7 Å². The van der Waals surface area contributed by atoms with Crippen LogP contribution in [-0.4, -0.2) is 4.98 Å². The van der Waals surface area contributed by atoms with E-state index in [9.17, 15) is 0 Å². The first-order valence-electron chi connectivity index (χ1n) is 6.10. The largest absolute Gasteiger partial charge is 0.369 e. The number of pyridine rings is 1. The topological polar surface area (TPSA) is 48.1 Å². The second kappa shape index (κ2) is 6.28. The maximum atomic E-state index is 5.84. The fraction of sp³-hybridized carbons (Fsp3) is 0.267. The smallest absolute Gasteiger partial charge is 0.0801 e. The summed E-state index contributed by atoms with van der Waals surface area (Å²) in [6.45, 7) is 3.09. The van der Waals surface area contributed by atoms with Gasteiger partial charge in [-0.25, -0.2) is 0 Å². The van der Waals surface area contributed by atoms with E-state index in [4.69, 9.17) is 10.5 Å². The van der Waals surface area contributed by atoms with E-state index in [0.717, 1.165) is 11.3 Å². The van der Waals surface area contributed by atoms with E-state index in [1.165, 1.54) is 5.56 Å². The van der Waals surface area contributed by atoms with Crippen LogP contribution in [0.4, 0.5) is 0 Å². The zero-order valence-electron chi connectivity index (χ0n) is 10.5. The summed E-state index contributed by atoms with van der Waals surface area (Å²) in [6, 6.07) is 14.1. The summed E-state index contributed by atoms with van der Waals surface area (Å²) < 4.78 is 5.84. The minimum Gasteiger partial charge on any atom is -0.369 e. The second-order valence-electron chi connectivity index (χ2n) is 4.22. The van der Waals surface area contributed by atoms with Crippen molar-refractivity contribution in [3.8, 4) is 0 Å². The normalized spacial score (nSPS) is 12.3. The molecule has 0 aliphatic heterocycles. The van der Waals surface area contributed by atoms with Crippen LogP contribution < -0.4 is 5.73 Å². The second-order valence-corrected chi connectivity index (χ2v) is 4.22. The van der Waals surface area contributed by atoms with Gasteiger partial charge in [0.05, 0.1) is 18.4 Å². The highest BCUT2D eigenvalue weighted by Crippen LogP contribution is 2.17. The zero-order valence-corrected chi connectivity index (χ0v) is 10.5. The Morgan fingerprint density at radius 2 is 2.00 bits per heavy atom. The Bertz CT molecular complexity index is 485. The maximum Gasteiger partial charge on any atom is 0.0801 e. The van der Waals surface area contributed by atoms with Crippen molar-refractivity contribution >= 4 is 0 Å². The Balaban J connectivity index is 1.95. The molecular formula is C15H18N2O. The van der Waals surface area contributed by atoms with Crippen LogP contribution in [0.15, 0.2) is 48.7 Å². The third kappa shape index (κ3) is 3.39. The van der Waals surface area contributed by atoms with Crippen molar-refractivity contribution in [3.05, 3.63) is 65.5 Å². The first kappa shape index (κ1) is 12.7. The molecule has 3 nitrogen and oxygen atoms in total. The van der Waals surface area contributed by atoms with Crippen LogP contribution in [0, 0.1) is 0 Å². The van der Waals surface area contributed by atoms with Crippen LogP contribution >= 0.6 is 0 Å². The number of hydrogen-bond donors (Lipinski definition) is 1. The number of aromatic nitrogens is 1. The van der Waals surface area contributed by atoms with Gasteiger partial charge in [-0.15, -0.1) is 0 Å². The molecule has 1 heterocycles. The summed E-state index contributed by atoms with van der Waals surface area (Å²) in [5.74, 6) is 0. The summed E-state index contributed by atoms with van der Waals surface area (Å²) in [4.78, 5) is 4.16. The molecule has 0 aliphatic rings. The van der Waals surface area contributed by atoms with E-state index in [1.807, 2.05) is 30.3 Å². The molecule has 2 N–H and O–H groups in total. The Kier molecular flexibility index (Phi) is 4.45. The van der Waals surface area contributed by atoms with E-state index < -0.39 is 0 Å². The molecule has 18 heavy (non-hydrogen) atoms. The molecule has 0 amide bonds. The fourth-order valence-corrected chi connectivity index (χ4v) is 1.77. The lowest BCUT2D eigenvalue weighted by molar-refractivity contribution is 0.0525. The van der Waals surface area contributed by atoms with Gasteiger partial charge in [-0.3, -0.25) is 4.98 Å². The zero-order chi connectivity index (χ0) is 12.8. The summed E-state index contributed by atoms with van der Waals surface area (Å²) in [5, 5.41) is 0. The van der Waals surface area contributed by atoms with Gasteiger partial charge in [-0.2, -0.15) is 0 Å². The Labute approximate surface area is 108 Å². The van der Waals surface area contributed by atoms with Crippen molar-refractivity contribution in [1.82, 2.24) is 4.98 Å². The number of nitrogens with zero attached hydrogens (tertiary/aromatic N) is 1. The highest BCUT2D eigenvalue weighted by molar-refractivity contribution is 5.18. The molecule has 1 atom stereocenters. The van der Waals surface area contributed by atoms with Gasteiger partial charge in [0.2, 0.25) is 0 Å². The van der Waals surface area contributed by atoms with Gasteiger partial charge in [0.25, 0.3) is 0 Å². The standard InChI is InChI=1S/C15H18N2O/c1-12(14-5-3-2-4-6-14)18-11-13-7-8-17-15(9-13)10-16/h2-9,12H,10-11,16H2,1H3. The van der Waals surface area contributed by atoms with E-state index in [2.05, 4.69) is 24.0 Å². The van der Waals surface area contributed by atoms with Crippen molar-refractivity contribution in [2.75, 3.05) is 0 Å². The van der Waals surface area contributed by atoms with Crippen LogP contribution in [0.2, 0.25) is 0 Å². The molecule has 0 fully saturated rings. The van der Waals surface area contributed by atoms with Gasteiger partial charge in [0.1, 0.15) is 0 Å². The number of nitrogens with two attached hydrogens (primary N) is 1. The van der Waals surface area contributed by atoms with Crippen LogP contribution in [-0.2, 0) is 17.9 Å². The lowest BCUT2D eigenvalue weighted by Crippen LogP contribution is -2.03. The van der Waals surface area contributed by atoms with Crippen LogP contribution in [0.1, 0.15) is 29.8 Å². The van der Waals surface area contributed by atoms with Gasteiger partial charge in [-0.05, 0) is 30.2 Å². The SMILES string of the molecule is CC(OCc1ccnc(CN)c1)c1ccccc1. The minimum atomic E-state index is 0.0840. The molecule has 1 unspecified atom stereocenters. The third-order valence-corrected chi connectivity index (χ3v) is 2.86. The number of rotatable bonds is 5. The average Bonchev–Trinajstić information content (AvgIpc) is 2.46. The molecule has 0 radical (unpaired) electrons. The summed E-state index contributed by atoms with van der Waals surface area (Å²) in [7, 11) is 0. The monoisotopic (exact) mass is 242 g/mol. The molecule has 1 aromatic carbocycles. The Morgan fingerprint density at radius 1 is 1.22 bits per heavy atom. The lowest BCUT2D eigenvalue weighted by atomic mass is 10.1. The van der Waals surface area contributed by atoms with Crippen molar-refractivity contribution in [1.29, 1.82) is 0 Å². The van der Waals surface area contributed by atoms with Gasteiger partial charge >= 0.3 is 0 Å². The first-order valence-corrected chi connectivity index (χ1v) is 6.10. The molecule has 3 heteroatoms. The first-order chi connectivity index (χ1) is 8.79. The van der Waals surface area contributed by atoms with Crippen molar-refractivity contribution in [3.63, 3.8) is 0 Å². The van der Waals surface area contributed by atoms with Crippen LogP contribution in [0.25, 0.3) is 0 Å². The van der Waals surface area contributed by atoms with Gasteiger partial charge in [-0.1, -0.05) is 30.3 Å². The van der Waals surface area contributed by atoms with Crippen molar-refractivity contribution in [2.45, 2.75) is 26.2 Å². The van der Waals surface area contributed by atoms with Gasteiger partial charge in [0.15, 0.2) is 0 Å². The predicted octanol–water partition coefficient (Wildman–Crippen LogP) is 2.82. The van der Waals surface area contributed by atoms with Crippen LogP contribution in [0.3, 0.4) is 0 Å². The van der Waals surface area contributed by atoms with E-state index in [1.54, 1.807) is 6.20 Å². The predicted molar refractivity (Wildman–Crippen MR) is 71.8 cm³/mol. The van der Waals surface area contributed by atoms with Crippen molar-refractivity contribution in [2.24, 2.45) is 5.73 Å². The minimum absolute atomic E-state index is 0.0840. The highest BCUT2D eigenvalue weighted by Gasteiger charge is 2.05. The summed E-state index contributed by atoms with van der Waals surface area (Å²) in [5.41, 5.74) is 8.75. The maximum absolute atomic E-state index is 5.84. The van der Waals surface area contributed by atoms with E-state index in [0.29, 0.717) is 13.2 Å². The summed E-state index contributed by atoms with van der Waals surface area (Å²) >= 11 is 0. The molecule has 0 spiro atoms. The molecule has 2 aromatic rings. The molecule has 1 aromatic heterocycles. The third-order valence-electron chi connectivity index (χ3n) is 2.86. The number of hydrogen-bond acceptors (Lipinski definition) is 3. The Morgan fingerprint density at radius 3 is 2.72 bits per heavy atom.